The Kier molecular flexibility index (Phi) is 5.94. The number of hydrogen-bond donors (Lipinski definition) is 0. The Bertz CT molecular complexity index is 789. The maximum absolute atomic E-state index is 12.7. The van der Waals surface area contributed by atoms with Crippen LogP contribution in [0.2, 0.25) is 0 Å². The van der Waals surface area contributed by atoms with E-state index in [1.54, 1.807) is 24.3 Å². The maximum Gasteiger partial charge on any atom is 0.261 e. The van der Waals surface area contributed by atoms with E-state index in [-0.39, 0.29) is 18.3 Å². The molecular formula is C23H27NO3. The Morgan fingerprint density at radius 3 is 2.19 bits per heavy atom. The van der Waals surface area contributed by atoms with Gasteiger partial charge in [-0.3, -0.25) is 9.59 Å². The van der Waals surface area contributed by atoms with Crippen molar-refractivity contribution in [1.29, 1.82) is 0 Å². The first kappa shape index (κ1) is 19.2. The lowest BCUT2D eigenvalue weighted by atomic mass is 10.0. The number of ether oxygens (including phenoxy) is 1. The lowest BCUT2D eigenvalue weighted by molar-refractivity contribution is -0.134. The number of amides is 1. The van der Waals surface area contributed by atoms with Crippen molar-refractivity contribution < 1.29 is 14.3 Å². The zero-order chi connectivity index (χ0) is 19.4. The summed E-state index contributed by atoms with van der Waals surface area (Å²) in [6.07, 6.45) is 2.12. The number of carbonyl (C=O) groups is 2. The molecule has 0 radical (unpaired) electrons. The molecule has 0 aliphatic heterocycles. The molecule has 1 aliphatic carbocycles. The van der Waals surface area contributed by atoms with E-state index in [9.17, 15) is 9.59 Å². The Balaban J connectivity index is 1.59. The minimum Gasteiger partial charge on any atom is -0.484 e. The standard InChI is InChI=1S/C23H27NO3/c1-16(2)19-6-4-18(5-7-19)14-24(21-10-11-21)23(26)15-27-22-12-8-20(9-13-22)17(3)25/h4-9,12-13,16,21H,10-11,14-15H2,1-3H3. The molecular weight excluding hydrogens is 338 g/mol. The topological polar surface area (TPSA) is 46.6 Å². The molecule has 0 N–H and O–H groups in total. The van der Waals surface area contributed by atoms with E-state index in [4.69, 9.17) is 4.74 Å². The molecule has 0 atom stereocenters. The number of carbonyl (C=O) groups excluding carboxylic acids is 2. The Morgan fingerprint density at radius 1 is 1.04 bits per heavy atom. The summed E-state index contributed by atoms with van der Waals surface area (Å²) in [7, 11) is 0. The van der Waals surface area contributed by atoms with E-state index in [1.807, 2.05) is 4.90 Å². The van der Waals surface area contributed by atoms with Crippen LogP contribution >= 0.6 is 0 Å². The van der Waals surface area contributed by atoms with Crippen LogP contribution in [-0.2, 0) is 11.3 Å². The van der Waals surface area contributed by atoms with E-state index >= 15 is 0 Å². The number of nitrogens with zero attached hydrogens (tertiary/aromatic N) is 1. The largest absolute Gasteiger partial charge is 0.484 e. The summed E-state index contributed by atoms with van der Waals surface area (Å²) in [5, 5.41) is 0. The predicted octanol–water partition coefficient (Wildman–Crippen LogP) is 4.58. The third-order valence-corrected chi connectivity index (χ3v) is 4.93. The molecule has 0 aromatic heterocycles. The highest BCUT2D eigenvalue weighted by Gasteiger charge is 2.32. The van der Waals surface area contributed by atoms with Crippen molar-refractivity contribution in [2.45, 2.75) is 52.1 Å². The van der Waals surface area contributed by atoms with Crippen molar-refractivity contribution in [3.8, 4) is 5.75 Å². The van der Waals surface area contributed by atoms with E-state index in [0.717, 1.165) is 18.4 Å². The van der Waals surface area contributed by atoms with Crippen LogP contribution in [0.3, 0.4) is 0 Å². The molecule has 0 heterocycles. The fourth-order valence-corrected chi connectivity index (χ4v) is 3.03. The normalized spacial score (nSPS) is 13.5. The van der Waals surface area contributed by atoms with Crippen LogP contribution in [0, 0.1) is 0 Å². The molecule has 4 heteroatoms. The van der Waals surface area contributed by atoms with Crippen molar-refractivity contribution in [3.05, 3.63) is 65.2 Å². The maximum atomic E-state index is 12.7. The Morgan fingerprint density at radius 2 is 1.67 bits per heavy atom. The first-order chi connectivity index (χ1) is 12.9. The van der Waals surface area contributed by atoms with Gasteiger partial charge in [0.25, 0.3) is 5.91 Å². The summed E-state index contributed by atoms with van der Waals surface area (Å²) in [6.45, 7) is 6.51. The van der Waals surface area contributed by atoms with Gasteiger partial charge in [0, 0.05) is 18.2 Å². The van der Waals surface area contributed by atoms with E-state index in [1.165, 1.54) is 12.5 Å². The molecule has 0 unspecified atom stereocenters. The van der Waals surface area contributed by atoms with Crippen LogP contribution < -0.4 is 4.74 Å². The second kappa shape index (κ2) is 8.38. The Hall–Kier alpha value is -2.62. The lowest BCUT2D eigenvalue weighted by Gasteiger charge is -2.23. The van der Waals surface area contributed by atoms with Gasteiger partial charge in [-0.2, -0.15) is 0 Å². The monoisotopic (exact) mass is 365 g/mol. The fraction of sp³-hybridized carbons (Fsp3) is 0.391. The summed E-state index contributed by atoms with van der Waals surface area (Å²) < 4.78 is 5.65. The van der Waals surface area contributed by atoms with Crippen LogP contribution in [0.1, 0.15) is 61.0 Å². The van der Waals surface area contributed by atoms with Crippen LogP contribution in [0.25, 0.3) is 0 Å². The third-order valence-electron chi connectivity index (χ3n) is 4.93. The molecule has 0 spiro atoms. The second-order valence-electron chi connectivity index (χ2n) is 7.52. The number of Topliss-reactive ketones (excluding diaryl/α,β-unsaturated/α-hetero) is 1. The third kappa shape index (κ3) is 5.19. The highest BCUT2D eigenvalue weighted by Crippen LogP contribution is 2.29. The van der Waals surface area contributed by atoms with Gasteiger partial charge < -0.3 is 9.64 Å². The van der Waals surface area contributed by atoms with Gasteiger partial charge in [-0.25, -0.2) is 0 Å². The highest BCUT2D eigenvalue weighted by molar-refractivity contribution is 5.94. The van der Waals surface area contributed by atoms with E-state index < -0.39 is 0 Å². The number of ketones is 1. The van der Waals surface area contributed by atoms with Gasteiger partial charge in [0.05, 0.1) is 0 Å². The van der Waals surface area contributed by atoms with E-state index in [0.29, 0.717) is 29.8 Å². The van der Waals surface area contributed by atoms with Gasteiger partial charge >= 0.3 is 0 Å². The molecule has 1 aliphatic rings. The minimum atomic E-state index is 0.00100. The minimum absolute atomic E-state index is 0.00100. The molecule has 142 valence electrons. The number of hydrogen-bond acceptors (Lipinski definition) is 3. The lowest BCUT2D eigenvalue weighted by Crippen LogP contribution is -2.36. The Labute approximate surface area is 161 Å². The summed E-state index contributed by atoms with van der Waals surface area (Å²) in [6, 6.07) is 15.7. The van der Waals surface area contributed by atoms with Crippen molar-refractivity contribution in [3.63, 3.8) is 0 Å². The van der Waals surface area contributed by atoms with Crippen LogP contribution in [0.4, 0.5) is 0 Å². The smallest absolute Gasteiger partial charge is 0.261 e. The first-order valence-corrected chi connectivity index (χ1v) is 9.56. The van der Waals surface area contributed by atoms with E-state index in [2.05, 4.69) is 38.1 Å². The number of rotatable bonds is 8. The first-order valence-electron chi connectivity index (χ1n) is 9.56. The molecule has 3 rings (SSSR count). The molecule has 1 saturated carbocycles. The molecule has 1 amide bonds. The molecule has 2 aromatic rings. The summed E-state index contributed by atoms with van der Waals surface area (Å²) >= 11 is 0. The van der Waals surface area contributed by atoms with Gasteiger partial charge in [-0.1, -0.05) is 38.1 Å². The molecule has 27 heavy (non-hydrogen) atoms. The quantitative estimate of drug-likeness (QED) is 0.643. The van der Waals surface area contributed by atoms with Crippen molar-refractivity contribution in [2.75, 3.05) is 6.61 Å². The van der Waals surface area contributed by atoms with Gasteiger partial charge in [0.1, 0.15) is 5.75 Å². The highest BCUT2D eigenvalue weighted by atomic mass is 16.5. The molecule has 0 bridgehead atoms. The summed E-state index contributed by atoms with van der Waals surface area (Å²) in [5.74, 6) is 1.12. The molecule has 1 fully saturated rings. The summed E-state index contributed by atoms with van der Waals surface area (Å²) in [4.78, 5) is 25.9. The molecule has 2 aromatic carbocycles. The van der Waals surface area contributed by atoms with Crippen LogP contribution in [-0.4, -0.2) is 29.2 Å². The zero-order valence-corrected chi connectivity index (χ0v) is 16.3. The van der Waals surface area contributed by atoms with Crippen molar-refractivity contribution in [2.24, 2.45) is 0 Å². The van der Waals surface area contributed by atoms with Gasteiger partial charge in [-0.15, -0.1) is 0 Å². The van der Waals surface area contributed by atoms with Gasteiger partial charge in [0.15, 0.2) is 12.4 Å². The zero-order valence-electron chi connectivity index (χ0n) is 16.3. The van der Waals surface area contributed by atoms with Crippen LogP contribution in [0.5, 0.6) is 5.75 Å². The van der Waals surface area contributed by atoms with Gasteiger partial charge in [0.2, 0.25) is 0 Å². The van der Waals surface area contributed by atoms with Crippen molar-refractivity contribution in [1.82, 2.24) is 4.90 Å². The molecule has 4 nitrogen and oxygen atoms in total. The average Bonchev–Trinajstić information content (AvgIpc) is 3.50. The van der Waals surface area contributed by atoms with Gasteiger partial charge in [-0.05, 0) is 61.1 Å². The number of benzene rings is 2. The van der Waals surface area contributed by atoms with Crippen molar-refractivity contribution >= 4 is 11.7 Å². The molecule has 0 saturated heterocycles. The fourth-order valence-electron chi connectivity index (χ4n) is 3.03. The average molecular weight is 365 g/mol. The predicted molar refractivity (Wildman–Crippen MR) is 106 cm³/mol. The summed E-state index contributed by atoms with van der Waals surface area (Å²) in [5.41, 5.74) is 3.09. The SMILES string of the molecule is CC(=O)c1ccc(OCC(=O)N(Cc2ccc(C(C)C)cc2)C2CC2)cc1. The van der Waals surface area contributed by atoms with Crippen LogP contribution in [0.15, 0.2) is 48.5 Å². The second-order valence-corrected chi connectivity index (χ2v) is 7.52.